The van der Waals surface area contributed by atoms with Crippen molar-refractivity contribution in [3.8, 4) is 5.75 Å². The van der Waals surface area contributed by atoms with Gasteiger partial charge in [-0.3, -0.25) is 0 Å². The summed E-state index contributed by atoms with van der Waals surface area (Å²) in [7, 11) is 0. The lowest BCUT2D eigenvalue weighted by Gasteiger charge is -2.08. The molecule has 0 spiro atoms. The molecule has 0 bridgehead atoms. The molecule has 1 aromatic heterocycles. The predicted molar refractivity (Wildman–Crippen MR) is 65.6 cm³/mol. The molecule has 5 nitrogen and oxygen atoms in total. The van der Waals surface area contributed by atoms with Crippen LogP contribution in [0.1, 0.15) is 23.0 Å². The molecule has 0 saturated heterocycles. The lowest BCUT2D eigenvalue weighted by atomic mass is 10.2. The van der Waals surface area contributed by atoms with Gasteiger partial charge in [-0.05, 0) is 19.1 Å². The van der Waals surface area contributed by atoms with Crippen LogP contribution in [-0.2, 0) is 13.2 Å². The number of benzene rings is 1. The molecule has 1 aromatic carbocycles. The van der Waals surface area contributed by atoms with E-state index in [0.717, 1.165) is 24.4 Å². The fourth-order valence-electron chi connectivity index (χ4n) is 1.68. The summed E-state index contributed by atoms with van der Waals surface area (Å²) in [5, 5.41) is 8.83. The zero-order valence-electron chi connectivity index (χ0n) is 10.3. The van der Waals surface area contributed by atoms with Crippen molar-refractivity contribution in [2.45, 2.75) is 20.1 Å². The van der Waals surface area contributed by atoms with Crippen LogP contribution in [0.15, 0.2) is 30.7 Å². The first-order valence-corrected chi connectivity index (χ1v) is 5.76. The summed E-state index contributed by atoms with van der Waals surface area (Å²) >= 11 is 0. The summed E-state index contributed by atoms with van der Waals surface area (Å²) in [5.74, 6) is -1.65. The minimum Gasteiger partial charge on any atom is -0.487 e. The largest absolute Gasteiger partial charge is 0.487 e. The van der Waals surface area contributed by atoms with E-state index in [0.29, 0.717) is 0 Å². The molecule has 0 amide bonds. The SMILES string of the molecule is CCn1cncc1COc1cc(F)cc(C(=O)O)c1. The van der Waals surface area contributed by atoms with Gasteiger partial charge < -0.3 is 14.4 Å². The van der Waals surface area contributed by atoms with Crippen molar-refractivity contribution in [3.05, 3.63) is 47.8 Å². The number of aromatic carboxylic acids is 1. The second-order valence-electron chi connectivity index (χ2n) is 3.94. The third-order valence-corrected chi connectivity index (χ3v) is 2.64. The molecule has 100 valence electrons. The molecule has 0 aliphatic carbocycles. The number of carboxylic acids is 1. The van der Waals surface area contributed by atoms with E-state index in [-0.39, 0.29) is 17.9 Å². The first-order valence-electron chi connectivity index (χ1n) is 5.76. The second-order valence-corrected chi connectivity index (χ2v) is 3.94. The van der Waals surface area contributed by atoms with Crippen molar-refractivity contribution in [1.82, 2.24) is 9.55 Å². The Kier molecular flexibility index (Phi) is 3.79. The number of ether oxygens (including phenoxy) is 1. The van der Waals surface area contributed by atoms with Crippen LogP contribution in [0.5, 0.6) is 5.75 Å². The normalized spacial score (nSPS) is 10.4. The average Bonchev–Trinajstić information content (AvgIpc) is 2.83. The van der Waals surface area contributed by atoms with Crippen LogP contribution in [0.4, 0.5) is 4.39 Å². The first kappa shape index (κ1) is 13.1. The molecular formula is C13H13FN2O3. The second kappa shape index (κ2) is 5.51. The fourth-order valence-corrected chi connectivity index (χ4v) is 1.68. The van der Waals surface area contributed by atoms with Crippen LogP contribution in [0.2, 0.25) is 0 Å². The maximum atomic E-state index is 13.2. The highest BCUT2D eigenvalue weighted by Crippen LogP contribution is 2.18. The highest BCUT2D eigenvalue weighted by atomic mass is 19.1. The van der Waals surface area contributed by atoms with E-state index in [1.165, 1.54) is 6.07 Å². The summed E-state index contributed by atoms with van der Waals surface area (Å²) in [6.07, 6.45) is 3.33. The Balaban J connectivity index is 2.13. The Morgan fingerprint density at radius 2 is 2.26 bits per heavy atom. The van der Waals surface area contributed by atoms with Gasteiger partial charge in [-0.25, -0.2) is 14.2 Å². The van der Waals surface area contributed by atoms with Gasteiger partial charge in [0, 0.05) is 12.6 Å². The lowest BCUT2D eigenvalue weighted by Crippen LogP contribution is -2.05. The quantitative estimate of drug-likeness (QED) is 0.900. The minimum absolute atomic E-state index is 0.140. The fraction of sp³-hybridized carbons (Fsp3) is 0.231. The molecule has 6 heteroatoms. The number of halogens is 1. The van der Waals surface area contributed by atoms with Crippen LogP contribution in [0.25, 0.3) is 0 Å². The van der Waals surface area contributed by atoms with Gasteiger partial charge in [0.25, 0.3) is 0 Å². The van der Waals surface area contributed by atoms with Gasteiger partial charge in [-0.2, -0.15) is 0 Å². The molecule has 2 rings (SSSR count). The molecule has 2 aromatic rings. The summed E-state index contributed by atoms with van der Waals surface area (Å²) in [4.78, 5) is 14.8. The van der Waals surface area contributed by atoms with E-state index in [1.54, 1.807) is 12.5 Å². The Bertz CT molecular complexity index is 595. The number of aryl methyl sites for hydroxylation is 1. The van der Waals surface area contributed by atoms with Crippen LogP contribution >= 0.6 is 0 Å². The van der Waals surface area contributed by atoms with Gasteiger partial charge in [0.2, 0.25) is 0 Å². The Morgan fingerprint density at radius 1 is 1.47 bits per heavy atom. The number of aromatic nitrogens is 2. The zero-order valence-corrected chi connectivity index (χ0v) is 10.3. The van der Waals surface area contributed by atoms with E-state index in [1.807, 2.05) is 11.5 Å². The maximum Gasteiger partial charge on any atom is 0.335 e. The summed E-state index contributed by atoms with van der Waals surface area (Å²) in [6.45, 7) is 2.93. The molecule has 0 fully saturated rings. The number of hydrogen-bond donors (Lipinski definition) is 1. The summed E-state index contributed by atoms with van der Waals surface area (Å²) in [6, 6.07) is 3.39. The lowest BCUT2D eigenvalue weighted by molar-refractivity contribution is 0.0695. The molecule has 19 heavy (non-hydrogen) atoms. The number of rotatable bonds is 5. The van der Waals surface area contributed by atoms with Gasteiger partial charge in [-0.15, -0.1) is 0 Å². The van der Waals surface area contributed by atoms with Crippen molar-refractivity contribution < 1.29 is 19.0 Å². The first-order chi connectivity index (χ1) is 9.10. The van der Waals surface area contributed by atoms with Crippen molar-refractivity contribution in [1.29, 1.82) is 0 Å². The van der Waals surface area contributed by atoms with Crippen molar-refractivity contribution in [2.75, 3.05) is 0 Å². The monoisotopic (exact) mass is 264 g/mol. The van der Waals surface area contributed by atoms with Crippen molar-refractivity contribution >= 4 is 5.97 Å². The number of carboxylic acid groups (broad SMARTS) is 1. The maximum absolute atomic E-state index is 13.2. The number of hydrogen-bond acceptors (Lipinski definition) is 3. The molecule has 1 heterocycles. The number of carbonyl (C=O) groups is 1. The average molecular weight is 264 g/mol. The van der Waals surface area contributed by atoms with E-state index < -0.39 is 11.8 Å². The van der Waals surface area contributed by atoms with Crippen molar-refractivity contribution in [3.63, 3.8) is 0 Å². The third kappa shape index (κ3) is 3.09. The molecular weight excluding hydrogens is 251 g/mol. The predicted octanol–water partition coefficient (Wildman–Crippen LogP) is 2.32. The highest BCUT2D eigenvalue weighted by molar-refractivity contribution is 5.88. The summed E-state index contributed by atoms with van der Waals surface area (Å²) < 4.78 is 20.5. The molecule has 1 N–H and O–H groups in total. The molecule has 0 saturated carbocycles. The van der Waals surface area contributed by atoms with Crippen LogP contribution in [0, 0.1) is 5.82 Å². The molecule has 0 radical (unpaired) electrons. The van der Waals surface area contributed by atoms with Gasteiger partial charge >= 0.3 is 5.97 Å². The van der Waals surface area contributed by atoms with E-state index in [2.05, 4.69) is 4.98 Å². The molecule has 0 aliphatic rings. The van der Waals surface area contributed by atoms with E-state index in [4.69, 9.17) is 9.84 Å². The minimum atomic E-state index is -1.19. The van der Waals surface area contributed by atoms with Crippen LogP contribution in [-0.4, -0.2) is 20.6 Å². The van der Waals surface area contributed by atoms with Crippen molar-refractivity contribution in [2.24, 2.45) is 0 Å². The standard InChI is InChI=1S/C13H13FN2O3/c1-2-16-8-15-6-11(16)7-19-12-4-9(13(17)18)3-10(14)5-12/h3-6,8H,2,7H2,1H3,(H,17,18). The zero-order chi connectivity index (χ0) is 13.8. The number of imidazole rings is 1. The Morgan fingerprint density at radius 3 is 2.95 bits per heavy atom. The smallest absolute Gasteiger partial charge is 0.335 e. The molecule has 0 aliphatic heterocycles. The molecule has 0 unspecified atom stereocenters. The highest BCUT2D eigenvalue weighted by Gasteiger charge is 2.09. The topological polar surface area (TPSA) is 64.4 Å². The Labute approximate surface area is 109 Å². The van der Waals surface area contributed by atoms with Gasteiger partial charge in [0.1, 0.15) is 18.2 Å². The Hall–Kier alpha value is -2.37. The van der Waals surface area contributed by atoms with E-state index >= 15 is 0 Å². The van der Waals surface area contributed by atoms with Gasteiger partial charge in [0.05, 0.1) is 23.8 Å². The third-order valence-electron chi connectivity index (χ3n) is 2.64. The van der Waals surface area contributed by atoms with Gasteiger partial charge in [-0.1, -0.05) is 0 Å². The molecule has 0 atom stereocenters. The van der Waals surface area contributed by atoms with Crippen LogP contribution < -0.4 is 4.74 Å². The number of nitrogens with zero attached hydrogens (tertiary/aromatic N) is 2. The van der Waals surface area contributed by atoms with E-state index in [9.17, 15) is 9.18 Å². The summed E-state index contributed by atoms with van der Waals surface area (Å²) in [5.41, 5.74) is 0.697. The van der Waals surface area contributed by atoms with Crippen LogP contribution in [0.3, 0.4) is 0 Å². The van der Waals surface area contributed by atoms with Gasteiger partial charge in [0.15, 0.2) is 0 Å².